The lowest BCUT2D eigenvalue weighted by Gasteiger charge is -2.51. The lowest BCUT2D eigenvalue weighted by molar-refractivity contribution is -0.215. The lowest BCUT2D eigenvalue weighted by Crippen LogP contribution is -2.68. The number of alkyl halides is 3. The van der Waals surface area contributed by atoms with E-state index in [1.807, 2.05) is 13.0 Å². The largest absolute Gasteiger partial charge is 0.394 e. The number of halogens is 3. The molecule has 3 heterocycles. The highest BCUT2D eigenvalue weighted by molar-refractivity contribution is 6.01. The smallest absolute Gasteiger partial charge is 0.381 e. The Morgan fingerprint density at radius 1 is 0.657 bits per heavy atom. The molecular weight excluding hydrogens is 1370 g/mol. The number of rotatable bonds is 15. The third-order valence-electron chi connectivity index (χ3n) is 24.0. The van der Waals surface area contributed by atoms with Crippen LogP contribution in [0.25, 0.3) is 0 Å². The number of methoxy groups -OCH3 is 1. The number of fused-ring (bicyclic) bond motifs is 3. The first-order valence-electron chi connectivity index (χ1n) is 38.4. The Labute approximate surface area is 618 Å². The maximum Gasteiger partial charge on any atom is 0.394 e. The molecule has 7 rings (SSSR count). The number of ether oxygens (including phenoxy) is 3. The van der Waals surface area contributed by atoms with Crippen LogP contribution >= 0.6 is 0 Å². The number of nitrogens with one attached hydrogen (secondary N) is 2. The van der Waals surface area contributed by atoms with Crippen LogP contribution in [-0.4, -0.2) is 309 Å². The van der Waals surface area contributed by atoms with Crippen molar-refractivity contribution in [2.24, 2.45) is 29.6 Å². The molecule has 30 heteroatoms. The fourth-order valence-corrected chi connectivity index (χ4v) is 17.0. The fraction of sp³-hybridized carbons (Fsp3) is 0.813. The van der Waals surface area contributed by atoms with E-state index in [0.29, 0.717) is 32.1 Å². The van der Waals surface area contributed by atoms with E-state index in [0.717, 1.165) is 59.6 Å². The normalized spacial score (nSPS) is 30.5. The number of hydrogen-bond donors (Lipinski definition) is 2. The molecule has 6 fully saturated rings. The fourth-order valence-electron chi connectivity index (χ4n) is 17.0. The second-order valence-electron chi connectivity index (χ2n) is 31.0. The minimum absolute atomic E-state index is 0.00672. The van der Waals surface area contributed by atoms with Gasteiger partial charge >= 0.3 is 6.18 Å². The quantitative estimate of drug-likeness (QED) is 0.212. The molecule has 105 heavy (non-hydrogen) atoms. The van der Waals surface area contributed by atoms with Crippen molar-refractivity contribution in [3.63, 3.8) is 0 Å². The monoisotopic (exact) mass is 1490 g/mol. The number of hydrogen-bond acceptors (Lipinski definition) is 15. The molecule has 1 spiro atoms. The van der Waals surface area contributed by atoms with Crippen molar-refractivity contribution in [3.8, 4) is 0 Å². The average molecular weight is 1490 g/mol. The Kier molecular flexibility index (Phi) is 31.1. The van der Waals surface area contributed by atoms with Gasteiger partial charge in [-0.05, 0) is 121 Å². The summed E-state index contributed by atoms with van der Waals surface area (Å²) in [5.41, 5.74) is -1.55. The summed E-state index contributed by atoms with van der Waals surface area (Å²) in [7, 11) is 14.1. The summed E-state index contributed by atoms with van der Waals surface area (Å²) in [5, 5.41) is 5.73. The van der Waals surface area contributed by atoms with E-state index in [1.165, 1.54) is 105 Å². The minimum Gasteiger partial charge on any atom is -0.381 e. The molecule has 0 aromatic heterocycles. The summed E-state index contributed by atoms with van der Waals surface area (Å²) in [6.07, 6.45) is 5.24. The maximum absolute atomic E-state index is 15.8. The van der Waals surface area contributed by atoms with Crippen molar-refractivity contribution in [1.82, 2.24) is 59.6 Å². The third kappa shape index (κ3) is 20.5. The first kappa shape index (κ1) is 85.3. The lowest BCUT2D eigenvalue weighted by atomic mass is 9.73. The van der Waals surface area contributed by atoms with Gasteiger partial charge in [-0.3, -0.25) is 57.5 Å². The van der Waals surface area contributed by atoms with Gasteiger partial charge in [0.05, 0.1) is 44.2 Å². The maximum atomic E-state index is 15.8. The predicted molar refractivity (Wildman–Crippen MR) is 383 cm³/mol. The second kappa shape index (κ2) is 38.2. The third-order valence-corrected chi connectivity index (χ3v) is 24.0. The van der Waals surface area contributed by atoms with Gasteiger partial charge < -0.3 is 73.8 Å². The zero-order chi connectivity index (χ0) is 77.5. The topological polar surface area (TPSA) is 289 Å². The van der Waals surface area contributed by atoms with Gasteiger partial charge in [-0.1, -0.05) is 77.4 Å². The van der Waals surface area contributed by atoms with Crippen molar-refractivity contribution in [1.29, 1.82) is 0 Å². The van der Waals surface area contributed by atoms with E-state index < -0.39 is 180 Å². The van der Waals surface area contributed by atoms with Crippen LogP contribution in [0.2, 0.25) is 0 Å². The van der Waals surface area contributed by atoms with Crippen molar-refractivity contribution in [2.45, 2.75) is 248 Å². The number of likely N-dealkylation sites (N-methyl/N-ethyl adjacent to an activating group) is 8. The first-order valence-corrected chi connectivity index (χ1v) is 38.4. The molecule has 2 bridgehead atoms. The van der Waals surface area contributed by atoms with Gasteiger partial charge in [-0.25, -0.2) is 0 Å². The molecule has 3 unspecified atom stereocenters. The Morgan fingerprint density at radius 2 is 1.31 bits per heavy atom. The molecule has 2 N–H and O–H groups in total. The number of amides is 12. The highest BCUT2D eigenvalue weighted by Crippen LogP contribution is 2.44. The van der Waals surface area contributed by atoms with E-state index in [2.05, 4.69) is 10.6 Å². The Bertz CT molecular complexity index is 3090. The molecule has 3 aliphatic heterocycles. The molecule has 0 aromatic rings. The summed E-state index contributed by atoms with van der Waals surface area (Å²) in [6, 6.07) is -10.3. The predicted octanol–water partition coefficient (Wildman–Crippen LogP) is 4.62. The number of carbonyl (C=O) groups excluding carboxylic acids is 12. The molecule has 0 radical (unpaired) electrons. The summed E-state index contributed by atoms with van der Waals surface area (Å²) >= 11 is 0. The molecular formula is C75H121F3N12O15. The summed E-state index contributed by atoms with van der Waals surface area (Å²) in [6.45, 7) is 5.75. The molecule has 0 aromatic carbocycles. The van der Waals surface area contributed by atoms with Gasteiger partial charge in [0.25, 0.3) is 0 Å². The van der Waals surface area contributed by atoms with Crippen molar-refractivity contribution < 1.29 is 84.9 Å². The van der Waals surface area contributed by atoms with Crippen LogP contribution in [0.15, 0.2) is 12.2 Å². The number of carbonyl (C=O) groups is 12. The van der Waals surface area contributed by atoms with Crippen molar-refractivity contribution >= 4 is 70.9 Å². The molecule has 4 saturated carbocycles. The molecule has 27 nitrogen and oxygen atoms in total. The van der Waals surface area contributed by atoms with E-state index in [-0.39, 0.29) is 109 Å². The molecule has 4 aliphatic carbocycles. The van der Waals surface area contributed by atoms with Gasteiger partial charge in [0, 0.05) is 103 Å². The van der Waals surface area contributed by atoms with Gasteiger partial charge in [-0.15, -0.1) is 0 Å². The zero-order valence-corrected chi connectivity index (χ0v) is 64.8. The van der Waals surface area contributed by atoms with Gasteiger partial charge in [-0.2, -0.15) is 13.2 Å². The van der Waals surface area contributed by atoms with E-state index in [1.54, 1.807) is 26.8 Å². The second-order valence-corrected chi connectivity index (χ2v) is 31.0. The highest BCUT2D eigenvalue weighted by atomic mass is 19.4. The molecule has 592 valence electrons. The molecule has 13 atom stereocenters. The van der Waals surface area contributed by atoms with E-state index in [4.69, 9.17) is 14.2 Å². The Hall–Kier alpha value is -6.95. The van der Waals surface area contributed by atoms with Crippen molar-refractivity contribution in [3.05, 3.63) is 12.2 Å². The summed E-state index contributed by atoms with van der Waals surface area (Å²) in [5.74, 6) is -11.0. The van der Waals surface area contributed by atoms with Crippen molar-refractivity contribution in [2.75, 3.05) is 117 Å². The summed E-state index contributed by atoms with van der Waals surface area (Å²) < 4.78 is 60.3. The van der Waals surface area contributed by atoms with E-state index in [9.17, 15) is 41.9 Å². The first-order chi connectivity index (χ1) is 49.7. The average Bonchev–Trinajstić information content (AvgIpc) is 1.68. The van der Waals surface area contributed by atoms with Crippen LogP contribution in [0.1, 0.15) is 175 Å². The van der Waals surface area contributed by atoms with Crippen LogP contribution in [0.5, 0.6) is 0 Å². The van der Waals surface area contributed by atoms with Crippen LogP contribution in [0.4, 0.5) is 13.2 Å². The Morgan fingerprint density at radius 3 is 1.91 bits per heavy atom. The zero-order valence-electron chi connectivity index (χ0n) is 64.8. The summed E-state index contributed by atoms with van der Waals surface area (Å²) in [4.78, 5) is 195. The minimum atomic E-state index is -4.52. The standard InChI is InChI=1S/C75H121F3N12O15/c1-15-47(4)63-71(100)83(8)45-62(93)84(9)54-31-22-19-25-38-89(70(54)99)56(39-48-27-20-18-21-28-48)68(97)82(7)44-60(91)79-53(35-33-49-32-34-52(75(76,77)78)59(40-49)103-14)66(95)90-43-51(105-17-3)41-57(90)69(98)88(13)74(36-26-37-74)73(102)87(12)64(50-29-23-24-30-50)72(101)86(11)55(67(96)81(5)6)42-61(92)85(10)58(46-104-16-2)65(94)80-63/h19,22,47-59,63-64H,15-18,20-21,23-46H2,1-14H3,(H,79,91)(H,80,94)/b22-19-/t47-,49?,51+,52?,53-,54-,55-,56-,57-,58-,59?,63-,64-/m0/s1. The SMILES string of the molecule is CCOC[C@H]1C(=O)N[C@@H]([C@@H](C)CC)C(=O)N(C)CC(=O)N(C)[C@H]2C/C=C\CCN(C2=O)[C@@H](CC2CCCCC2)C(=O)N(C)CC(=O)N[C@@H](CCC2CCC(C(F)(F)F)C(OC)C2)C(=O)N2C[C@H](OCC)C[C@H]2C(=O)N(C)C2(CCC2)C(=O)N(C)[C@@H](C2CCCC2)C(=O)N(C)[C@H](C(=O)N(C)C)CC(=O)N1C. The highest BCUT2D eigenvalue weighted by Gasteiger charge is 2.57. The van der Waals surface area contributed by atoms with Crippen LogP contribution in [0.3, 0.4) is 0 Å². The number of nitrogens with zero attached hydrogens (tertiary/aromatic N) is 10. The van der Waals surface area contributed by atoms with Crippen LogP contribution in [0, 0.1) is 29.6 Å². The molecule has 2 saturated heterocycles. The molecule has 12 amide bonds. The van der Waals surface area contributed by atoms with Gasteiger partial charge in [0.1, 0.15) is 53.9 Å². The van der Waals surface area contributed by atoms with Crippen LogP contribution < -0.4 is 10.6 Å². The van der Waals surface area contributed by atoms with E-state index >= 15 is 28.8 Å². The van der Waals surface area contributed by atoms with Gasteiger partial charge in [0.15, 0.2) is 0 Å². The van der Waals surface area contributed by atoms with Crippen LogP contribution in [-0.2, 0) is 71.7 Å². The molecule has 7 aliphatic rings. The van der Waals surface area contributed by atoms with Gasteiger partial charge in [0.2, 0.25) is 70.9 Å². The Balaban J connectivity index is 1.32.